The fraction of sp³-hybridized carbons (Fsp3) is 0.533. The first-order valence-electron chi connectivity index (χ1n) is 6.81. The van der Waals surface area contributed by atoms with E-state index in [2.05, 4.69) is 29.6 Å². The fourth-order valence-corrected chi connectivity index (χ4v) is 2.87. The molecule has 1 aromatic carbocycles. The number of primary amides is 1. The minimum atomic E-state index is -0.265. The number of hydrogen-bond acceptors (Lipinski definition) is 2. The summed E-state index contributed by atoms with van der Waals surface area (Å²) in [6, 6.07) is 11.0. The van der Waals surface area contributed by atoms with E-state index in [4.69, 9.17) is 5.73 Å². The topological polar surface area (TPSA) is 55.1 Å². The molecule has 0 bridgehead atoms. The van der Waals surface area contributed by atoms with Crippen molar-refractivity contribution in [3.05, 3.63) is 35.9 Å². The third-order valence-corrected chi connectivity index (χ3v) is 3.79. The number of benzene rings is 1. The molecule has 3 heteroatoms. The van der Waals surface area contributed by atoms with Crippen molar-refractivity contribution in [1.82, 2.24) is 5.32 Å². The van der Waals surface area contributed by atoms with Gasteiger partial charge in [-0.15, -0.1) is 0 Å². The minimum absolute atomic E-state index is 0.265. The van der Waals surface area contributed by atoms with Gasteiger partial charge in [0.25, 0.3) is 0 Å². The van der Waals surface area contributed by atoms with Crippen molar-refractivity contribution in [2.75, 3.05) is 6.54 Å². The summed E-state index contributed by atoms with van der Waals surface area (Å²) in [5.74, 6) is 0.361. The molecule has 0 spiro atoms. The fourth-order valence-electron chi connectivity index (χ4n) is 2.87. The quantitative estimate of drug-likeness (QED) is 0.833. The van der Waals surface area contributed by atoms with Gasteiger partial charge < -0.3 is 11.1 Å². The Hall–Kier alpha value is -1.35. The van der Waals surface area contributed by atoms with Gasteiger partial charge in [0.05, 0.1) is 6.54 Å². The number of carbonyl (C=O) groups is 1. The van der Waals surface area contributed by atoms with E-state index in [1.165, 1.54) is 24.8 Å². The van der Waals surface area contributed by atoms with Crippen LogP contribution in [0.3, 0.4) is 0 Å². The van der Waals surface area contributed by atoms with Crippen LogP contribution < -0.4 is 11.1 Å². The molecule has 3 nitrogen and oxygen atoms in total. The van der Waals surface area contributed by atoms with Crippen LogP contribution in [0.2, 0.25) is 0 Å². The lowest BCUT2D eigenvalue weighted by Gasteiger charge is -2.32. The van der Waals surface area contributed by atoms with Gasteiger partial charge in [-0.1, -0.05) is 43.2 Å². The molecule has 0 radical (unpaired) electrons. The van der Waals surface area contributed by atoms with E-state index < -0.39 is 0 Å². The van der Waals surface area contributed by atoms with Gasteiger partial charge in [0, 0.05) is 6.04 Å². The average molecular weight is 246 g/mol. The van der Waals surface area contributed by atoms with Crippen LogP contribution in [0.1, 0.15) is 31.2 Å². The van der Waals surface area contributed by atoms with Crippen LogP contribution in [-0.2, 0) is 11.2 Å². The summed E-state index contributed by atoms with van der Waals surface area (Å²) in [4.78, 5) is 10.9. The Bertz CT molecular complexity index is 377. The largest absolute Gasteiger partial charge is 0.369 e. The Morgan fingerprint density at radius 2 is 1.94 bits per heavy atom. The first kappa shape index (κ1) is 13.1. The normalized spacial score (nSPS) is 23.8. The molecule has 2 unspecified atom stereocenters. The maximum Gasteiger partial charge on any atom is 0.231 e. The summed E-state index contributed by atoms with van der Waals surface area (Å²) in [7, 11) is 0. The molecule has 1 fully saturated rings. The summed E-state index contributed by atoms with van der Waals surface area (Å²) in [6.07, 6.45) is 6.04. The molecule has 0 aliphatic heterocycles. The van der Waals surface area contributed by atoms with Gasteiger partial charge >= 0.3 is 0 Å². The third kappa shape index (κ3) is 3.84. The predicted octanol–water partition coefficient (Wildman–Crippen LogP) is 1.86. The van der Waals surface area contributed by atoms with Crippen LogP contribution in [0.5, 0.6) is 0 Å². The molecule has 2 rings (SSSR count). The van der Waals surface area contributed by atoms with E-state index in [9.17, 15) is 4.79 Å². The highest BCUT2D eigenvalue weighted by atomic mass is 16.1. The zero-order chi connectivity index (χ0) is 12.8. The van der Waals surface area contributed by atoms with Crippen molar-refractivity contribution in [2.45, 2.75) is 38.1 Å². The van der Waals surface area contributed by atoms with Gasteiger partial charge in [-0.2, -0.15) is 0 Å². The number of rotatable bonds is 5. The van der Waals surface area contributed by atoms with Crippen molar-refractivity contribution in [2.24, 2.45) is 11.7 Å². The molecule has 1 aliphatic carbocycles. The highest BCUT2D eigenvalue weighted by Gasteiger charge is 2.24. The Labute approximate surface area is 109 Å². The highest BCUT2D eigenvalue weighted by molar-refractivity contribution is 5.75. The predicted molar refractivity (Wildman–Crippen MR) is 73.1 cm³/mol. The summed E-state index contributed by atoms with van der Waals surface area (Å²) in [6.45, 7) is 0.302. The summed E-state index contributed by atoms with van der Waals surface area (Å²) in [5.41, 5.74) is 6.59. The van der Waals surface area contributed by atoms with Crippen molar-refractivity contribution >= 4 is 5.91 Å². The first-order chi connectivity index (χ1) is 8.75. The monoisotopic (exact) mass is 246 g/mol. The molecule has 98 valence electrons. The molecule has 18 heavy (non-hydrogen) atoms. The molecule has 1 aromatic rings. The van der Waals surface area contributed by atoms with Crippen LogP contribution in [0, 0.1) is 5.92 Å². The lowest BCUT2D eigenvalue weighted by atomic mass is 9.80. The standard InChI is InChI=1S/C15H22N2O/c16-15(18)11-17-14-9-5-4-8-13(14)10-12-6-2-1-3-7-12/h1-3,6-7,13-14,17H,4-5,8-11H2,(H2,16,18). The van der Waals surface area contributed by atoms with Crippen LogP contribution in [-0.4, -0.2) is 18.5 Å². The van der Waals surface area contributed by atoms with Gasteiger partial charge in [-0.3, -0.25) is 4.79 Å². The number of carbonyl (C=O) groups excluding carboxylic acids is 1. The number of amides is 1. The van der Waals surface area contributed by atoms with Crippen LogP contribution in [0.4, 0.5) is 0 Å². The van der Waals surface area contributed by atoms with E-state index >= 15 is 0 Å². The molecular formula is C15H22N2O. The lowest BCUT2D eigenvalue weighted by Crippen LogP contribution is -2.43. The molecule has 1 amide bonds. The SMILES string of the molecule is NC(=O)CNC1CCCCC1Cc1ccccc1. The van der Waals surface area contributed by atoms with E-state index in [1.54, 1.807) is 0 Å². The molecule has 0 saturated heterocycles. The summed E-state index contributed by atoms with van der Waals surface area (Å²) in [5, 5.41) is 3.32. The summed E-state index contributed by atoms with van der Waals surface area (Å²) >= 11 is 0. The third-order valence-electron chi connectivity index (χ3n) is 3.79. The minimum Gasteiger partial charge on any atom is -0.369 e. The number of hydrogen-bond donors (Lipinski definition) is 2. The van der Waals surface area contributed by atoms with Crippen LogP contribution in [0.25, 0.3) is 0 Å². The van der Waals surface area contributed by atoms with Crippen molar-refractivity contribution < 1.29 is 4.79 Å². The lowest BCUT2D eigenvalue weighted by molar-refractivity contribution is -0.117. The van der Waals surface area contributed by atoms with Gasteiger partial charge in [0.15, 0.2) is 0 Å². The molecule has 1 aliphatic rings. The van der Waals surface area contributed by atoms with Crippen LogP contribution >= 0.6 is 0 Å². The Balaban J connectivity index is 1.93. The molecule has 0 aromatic heterocycles. The molecule has 2 atom stereocenters. The van der Waals surface area contributed by atoms with Crippen molar-refractivity contribution in [3.8, 4) is 0 Å². The summed E-state index contributed by atoms with van der Waals surface area (Å²) < 4.78 is 0. The maximum absolute atomic E-state index is 10.9. The van der Waals surface area contributed by atoms with Crippen molar-refractivity contribution in [3.63, 3.8) is 0 Å². The first-order valence-corrected chi connectivity index (χ1v) is 6.81. The van der Waals surface area contributed by atoms with Gasteiger partial charge in [0.1, 0.15) is 0 Å². The van der Waals surface area contributed by atoms with E-state index in [0.717, 1.165) is 12.8 Å². The zero-order valence-electron chi connectivity index (χ0n) is 10.8. The van der Waals surface area contributed by atoms with E-state index in [-0.39, 0.29) is 5.91 Å². The van der Waals surface area contributed by atoms with Gasteiger partial charge in [-0.05, 0) is 30.7 Å². The second-order valence-electron chi connectivity index (χ2n) is 5.19. The second-order valence-corrected chi connectivity index (χ2v) is 5.19. The number of nitrogens with two attached hydrogens (primary N) is 1. The van der Waals surface area contributed by atoms with Crippen molar-refractivity contribution in [1.29, 1.82) is 0 Å². The Kier molecular flexibility index (Phi) is 4.76. The second kappa shape index (κ2) is 6.55. The maximum atomic E-state index is 10.9. The smallest absolute Gasteiger partial charge is 0.231 e. The van der Waals surface area contributed by atoms with Gasteiger partial charge in [-0.25, -0.2) is 0 Å². The van der Waals surface area contributed by atoms with E-state index in [0.29, 0.717) is 18.5 Å². The van der Waals surface area contributed by atoms with Gasteiger partial charge in [0.2, 0.25) is 5.91 Å². The van der Waals surface area contributed by atoms with Crippen LogP contribution in [0.15, 0.2) is 30.3 Å². The molecular weight excluding hydrogens is 224 g/mol. The Morgan fingerprint density at radius 1 is 1.22 bits per heavy atom. The average Bonchev–Trinajstić information content (AvgIpc) is 2.39. The molecule has 1 saturated carbocycles. The molecule has 0 heterocycles. The highest BCUT2D eigenvalue weighted by Crippen LogP contribution is 2.27. The Morgan fingerprint density at radius 3 is 2.67 bits per heavy atom. The number of nitrogens with one attached hydrogen (secondary N) is 1. The zero-order valence-corrected chi connectivity index (χ0v) is 10.8. The van der Waals surface area contributed by atoms with E-state index in [1.807, 2.05) is 6.07 Å². The molecule has 3 N–H and O–H groups in total.